The zero-order chi connectivity index (χ0) is 21.3. The van der Waals surface area contributed by atoms with Crippen molar-refractivity contribution in [2.45, 2.75) is 39.9 Å². The number of rotatable bonds is 4. The summed E-state index contributed by atoms with van der Waals surface area (Å²) in [4.78, 5) is 0. The number of halogens is 2. The standard InChI is InChI=1S/C13H9.C10H17OSi.C3H6.2ClH.Zr/c1-3-7-12-10(5-1)9-11-6-2-4-8-13(11)12;1-12(2,3)11-9-8-10-6-4-5-7-10;1-3-2;;;/h1-9H;4-7H,8-9H2,1-3H3;1-2H3;2*1H;/q2*-1;;;;+2/p-2. The number of fused-ring (bicyclic) bond motifs is 3. The van der Waals surface area contributed by atoms with Gasteiger partial charge in [-0.1, -0.05) is 42.8 Å². The molecule has 0 spiro atoms. The summed E-state index contributed by atoms with van der Waals surface area (Å²) in [5, 5.41) is 5.39. The Labute approximate surface area is 216 Å². The molecule has 31 heavy (non-hydrogen) atoms. The number of hydrogen-bond donors (Lipinski definition) is 0. The molecular weight excluding hydrogens is 519 g/mol. The maximum absolute atomic E-state index is 5.74. The van der Waals surface area contributed by atoms with Gasteiger partial charge in [-0.05, 0) is 19.6 Å². The SMILES string of the molecule is C[C](C)=[Zr+2].C[Si](C)(C)OCC[c-]1cccc1.[Cl-].[Cl-].c1ccc2c(c1)[cH-]c1ccccc12. The average molecular weight is 551 g/mol. The van der Waals surface area contributed by atoms with Crippen molar-refractivity contribution in [3.05, 3.63) is 84.4 Å². The van der Waals surface area contributed by atoms with Crippen molar-refractivity contribution in [2.24, 2.45) is 0 Å². The Hall–Kier alpha value is -0.830. The number of benzene rings is 2. The summed E-state index contributed by atoms with van der Waals surface area (Å²) in [7, 11) is -1.29. The Kier molecular flexibility index (Phi) is 14.7. The molecular formula is C26H32Cl2OSiZr-2. The van der Waals surface area contributed by atoms with Crippen LogP contribution in [-0.2, 0) is 35.1 Å². The third-order valence-electron chi connectivity index (χ3n) is 4.18. The zero-order valence-corrected chi connectivity index (χ0v) is 24.1. The molecule has 0 saturated heterocycles. The van der Waals surface area contributed by atoms with Crippen LogP contribution in [0.2, 0.25) is 19.6 Å². The first-order valence-electron chi connectivity index (χ1n) is 10.2. The Bertz CT molecular complexity index is 962. The molecule has 0 bridgehead atoms. The second-order valence-electron chi connectivity index (χ2n) is 8.32. The van der Waals surface area contributed by atoms with Crippen LogP contribution in [0.3, 0.4) is 0 Å². The summed E-state index contributed by atoms with van der Waals surface area (Å²) in [5.41, 5.74) is 1.38. The first-order chi connectivity index (χ1) is 13.8. The minimum Gasteiger partial charge on any atom is -1.00 e. The molecule has 4 aromatic rings. The first kappa shape index (κ1) is 30.2. The molecule has 0 N–H and O–H groups in total. The summed E-state index contributed by atoms with van der Waals surface area (Å²) in [6.07, 6.45) is 1.05. The fraction of sp³-hybridized carbons (Fsp3) is 0.269. The van der Waals surface area contributed by atoms with Crippen LogP contribution < -0.4 is 24.8 Å². The molecule has 0 fully saturated rings. The van der Waals surface area contributed by atoms with E-state index in [0.29, 0.717) is 0 Å². The molecule has 5 heteroatoms. The van der Waals surface area contributed by atoms with Gasteiger partial charge in [-0.15, -0.1) is 39.7 Å². The van der Waals surface area contributed by atoms with Gasteiger partial charge in [0, 0.05) is 6.61 Å². The van der Waals surface area contributed by atoms with E-state index in [1.165, 1.54) is 30.3 Å². The van der Waals surface area contributed by atoms with E-state index in [-0.39, 0.29) is 24.8 Å². The van der Waals surface area contributed by atoms with E-state index in [4.69, 9.17) is 4.43 Å². The van der Waals surface area contributed by atoms with Crippen LogP contribution in [-0.4, -0.2) is 18.1 Å². The van der Waals surface area contributed by atoms with Gasteiger partial charge in [0.05, 0.1) is 0 Å². The van der Waals surface area contributed by atoms with Crippen molar-refractivity contribution in [3.8, 4) is 0 Å². The molecule has 0 aromatic heterocycles. The Morgan fingerprint density at radius 1 is 0.839 bits per heavy atom. The van der Waals surface area contributed by atoms with Crippen molar-refractivity contribution < 1.29 is 53.5 Å². The predicted molar refractivity (Wildman–Crippen MR) is 128 cm³/mol. The zero-order valence-electron chi connectivity index (χ0n) is 19.1. The monoisotopic (exact) mass is 548 g/mol. The minimum atomic E-state index is -1.29. The van der Waals surface area contributed by atoms with Gasteiger partial charge in [-0.3, -0.25) is 0 Å². The van der Waals surface area contributed by atoms with E-state index in [1.54, 1.807) is 24.2 Å². The Morgan fingerprint density at radius 3 is 1.68 bits per heavy atom. The van der Waals surface area contributed by atoms with E-state index < -0.39 is 8.32 Å². The molecule has 4 rings (SSSR count). The van der Waals surface area contributed by atoms with Crippen LogP contribution >= 0.6 is 0 Å². The van der Waals surface area contributed by atoms with Crippen LogP contribution in [0.4, 0.5) is 0 Å². The summed E-state index contributed by atoms with van der Waals surface area (Å²) in [6, 6.07) is 27.7. The van der Waals surface area contributed by atoms with Gasteiger partial charge in [0.25, 0.3) is 0 Å². The van der Waals surface area contributed by atoms with E-state index >= 15 is 0 Å². The van der Waals surface area contributed by atoms with Crippen molar-refractivity contribution in [1.82, 2.24) is 0 Å². The fourth-order valence-corrected chi connectivity index (χ4v) is 3.67. The fourth-order valence-electron chi connectivity index (χ4n) is 2.96. The summed E-state index contributed by atoms with van der Waals surface area (Å²) >= 11 is 1.55. The summed E-state index contributed by atoms with van der Waals surface area (Å²) < 4.78 is 7.25. The second-order valence-corrected chi connectivity index (χ2v) is 15.3. The molecule has 0 amide bonds. The van der Waals surface area contributed by atoms with Gasteiger partial charge in [0.2, 0.25) is 0 Å². The third-order valence-corrected chi connectivity index (χ3v) is 5.25. The first-order valence-corrected chi connectivity index (χ1v) is 14.8. The predicted octanol–water partition coefficient (Wildman–Crippen LogP) is 1.26. The summed E-state index contributed by atoms with van der Waals surface area (Å²) in [5.74, 6) is 0. The van der Waals surface area contributed by atoms with Crippen LogP contribution in [0.5, 0.6) is 0 Å². The van der Waals surface area contributed by atoms with Gasteiger partial charge >= 0.3 is 41.3 Å². The maximum Gasteiger partial charge on any atom is 0.183 e. The average Bonchev–Trinajstić information content (AvgIpc) is 3.28. The van der Waals surface area contributed by atoms with E-state index in [0.717, 1.165) is 13.0 Å². The van der Waals surface area contributed by atoms with Crippen LogP contribution in [0.15, 0.2) is 78.9 Å². The van der Waals surface area contributed by atoms with E-state index in [2.05, 4.69) is 112 Å². The van der Waals surface area contributed by atoms with Gasteiger partial charge < -0.3 is 29.2 Å². The molecule has 166 valence electrons. The van der Waals surface area contributed by atoms with Crippen molar-refractivity contribution in [3.63, 3.8) is 0 Å². The molecule has 0 aliphatic heterocycles. The Balaban J connectivity index is 0.000000473. The van der Waals surface area contributed by atoms with Crippen molar-refractivity contribution in [2.75, 3.05) is 6.61 Å². The maximum atomic E-state index is 5.74. The van der Waals surface area contributed by atoms with E-state index in [1.807, 2.05) is 0 Å². The largest absolute Gasteiger partial charge is 1.00 e. The van der Waals surface area contributed by atoms with Gasteiger partial charge in [0.1, 0.15) is 0 Å². The van der Waals surface area contributed by atoms with Crippen molar-refractivity contribution in [1.29, 1.82) is 0 Å². The van der Waals surface area contributed by atoms with Gasteiger partial charge in [-0.25, -0.2) is 12.1 Å². The number of hydrogen-bond acceptors (Lipinski definition) is 1. The van der Waals surface area contributed by atoms with Crippen LogP contribution in [0, 0.1) is 0 Å². The quantitative estimate of drug-likeness (QED) is 0.275. The molecule has 0 unspecified atom stereocenters. The minimum absolute atomic E-state index is 0. The third kappa shape index (κ3) is 11.6. The second kappa shape index (κ2) is 15.1. The molecule has 0 aliphatic rings. The van der Waals surface area contributed by atoms with Crippen molar-refractivity contribution >= 4 is 33.1 Å². The summed E-state index contributed by atoms with van der Waals surface area (Å²) in [6.45, 7) is 11.8. The molecule has 1 nitrogen and oxygen atoms in total. The smallest absolute Gasteiger partial charge is 0.183 e. The van der Waals surface area contributed by atoms with Gasteiger partial charge in [0.15, 0.2) is 8.32 Å². The molecule has 0 aliphatic carbocycles. The molecule has 4 aromatic carbocycles. The molecule has 0 heterocycles. The normalized spacial score (nSPS) is 10.2. The molecule has 0 atom stereocenters. The molecule has 0 saturated carbocycles. The topological polar surface area (TPSA) is 9.23 Å². The van der Waals surface area contributed by atoms with Crippen LogP contribution in [0.25, 0.3) is 21.5 Å². The van der Waals surface area contributed by atoms with Gasteiger partial charge in [-0.2, -0.15) is 17.7 Å². The Morgan fingerprint density at radius 2 is 1.26 bits per heavy atom. The molecule has 0 radical (unpaired) electrons. The van der Waals surface area contributed by atoms with E-state index in [9.17, 15) is 0 Å². The van der Waals surface area contributed by atoms with Crippen LogP contribution in [0.1, 0.15) is 19.4 Å².